The normalized spacial score (nSPS) is 20.9. The number of nitrogens with one attached hydrogen (secondary N) is 2. The number of ether oxygens (including phenoxy) is 1. The van der Waals surface area contributed by atoms with Crippen LogP contribution in [0, 0.1) is 0 Å². The Bertz CT molecular complexity index is 1600. The summed E-state index contributed by atoms with van der Waals surface area (Å²) in [6.45, 7) is -1.19. The van der Waals surface area contributed by atoms with Gasteiger partial charge >= 0.3 is 6.18 Å². The van der Waals surface area contributed by atoms with Crippen molar-refractivity contribution in [2.45, 2.75) is 62.8 Å². The number of halogens is 3. The molecule has 248 valence electrons. The molecule has 12 heteroatoms. The third-order valence-electron chi connectivity index (χ3n) is 8.44. The Morgan fingerprint density at radius 2 is 1.60 bits per heavy atom. The minimum Gasteiger partial charge on any atom is -0.457 e. The molecule has 0 radical (unpaired) electrons. The van der Waals surface area contributed by atoms with Gasteiger partial charge in [0, 0.05) is 32.9 Å². The maximum absolute atomic E-state index is 14.2. The number of carbonyl (C=O) groups excluding carboxylic acids is 4. The van der Waals surface area contributed by atoms with Gasteiger partial charge in [-0.15, -0.1) is 0 Å². The third kappa shape index (κ3) is 8.90. The van der Waals surface area contributed by atoms with Gasteiger partial charge in [0.2, 0.25) is 23.6 Å². The molecule has 0 aliphatic carbocycles. The van der Waals surface area contributed by atoms with Crippen LogP contribution in [0.1, 0.15) is 36.0 Å². The summed E-state index contributed by atoms with van der Waals surface area (Å²) in [5.74, 6) is -1.45. The highest BCUT2D eigenvalue weighted by atomic mass is 19.4. The van der Waals surface area contributed by atoms with E-state index in [-0.39, 0.29) is 25.2 Å². The number of fused-ring (bicyclic) bond motifs is 4. The van der Waals surface area contributed by atoms with E-state index in [2.05, 4.69) is 5.32 Å². The molecule has 2 aliphatic rings. The molecule has 2 heterocycles. The summed E-state index contributed by atoms with van der Waals surface area (Å²) in [4.78, 5) is 57.0. The third-order valence-corrected chi connectivity index (χ3v) is 8.44. The first-order chi connectivity index (χ1) is 22.5. The maximum Gasteiger partial charge on any atom is 0.405 e. The highest BCUT2D eigenvalue weighted by Crippen LogP contribution is 2.27. The molecule has 0 spiro atoms. The second-order valence-corrected chi connectivity index (χ2v) is 11.9. The molecule has 1 fully saturated rings. The Morgan fingerprint density at radius 3 is 2.21 bits per heavy atom. The van der Waals surface area contributed by atoms with Crippen molar-refractivity contribution in [3.8, 4) is 11.5 Å². The molecule has 47 heavy (non-hydrogen) atoms. The zero-order valence-corrected chi connectivity index (χ0v) is 26.0. The van der Waals surface area contributed by atoms with Crippen LogP contribution >= 0.6 is 0 Å². The predicted molar refractivity (Wildman–Crippen MR) is 167 cm³/mol. The molecule has 3 aromatic rings. The minimum absolute atomic E-state index is 0.118. The van der Waals surface area contributed by atoms with Crippen molar-refractivity contribution in [1.29, 1.82) is 0 Å². The number of rotatable bonds is 6. The van der Waals surface area contributed by atoms with E-state index < -0.39 is 48.6 Å². The number of amides is 4. The first-order valence-electron chi connectivity index (χ1n) is 15.6. The van der Waals surface area contributed by atoms with Crippen molar-refractivity contribution in [3.05, 3.63) is 95.6 Å². The van der Waals surface area contributed by atoms with E-state index in [1.54, 1.807) is 42.5 Å². The number of benzene rings is 3. The van der Waals surface area contributed by atoms with E-state index in [4.69, 9.17) is 4.74 Å². The van der Waals surface area contributed by atoms with E-state index in [9.17, 15) is 32.3 Å². The van der Waals surface area contributed by atoms with Gasteiger partial charge in [0.15, 0.2) is 0 Å². The standard InChI is InChI=1S/C35H37F3N4O5/c1-41-29(32(44)39-22-35(36,37)38)20-24-10-5-12-26(18-24)47-27-13-6-11-25(19-27)21-30(42-17-7-14-31(42)43)33(45)40-28(34(41)46)16-15-23-8-3-2-4-9-23/h2-6,8-13,18-19,28-30H,7,14-17,20-22H2,1H3,(H,39,44)(H,40,45)/t28-,29?,30?/m0/s1. The lowest BCUT2D eigenvalue weighted by atomic mass is 9.99. The fourth-order valence-corrected chi connectivity index (χ4v) is 5.99. The van der Waals surface area contributed by atoms with Gasteiger partial charge in [0.05, 0.1) is 0 Å². The van der Waals surface area contributed by atoms with Gasteiger partial charge in [-0.3, -0.25) is 19.2 Å². The zero-order valence-electron chi connectivity index (χ0n) is 26.0. The van der Waals surface area contributed by atoms with Gasteiger partial charge in [-0.1, -0.05) is 54.6 Å². The predicted octanol–water partition coefficient (Wildman–Crippen LogP) is 4.19. The van der Waals surface area contributed by atoms with Crippen LogP contribution in [0.25, 0.3) is 0 Å². The summed E-state index contributed by atoms with van der Waals surface area (Å²) < 4.78 is 45.4. The molecule has 0 aromatic heterocycles. The summed E-state index contributed by atoms with van der Waals surface area (Å²) in [5.41, 5.74) is 2.20. The number of carbonyl (C=O) groups is 4. The summed E-state index contributed by atoms with van der Waals surface area (Å²) in [7, 11) is 1.34. The van der Waals surface area contributed by atoms with Crippen molar-refractivity contribution in [2.24, 2.45) is 0 Å². The molecule has 2 unspecified atom stereocenters. The minimum atomic E-state index is -4.66. The molecule has 1 saturated heterocycles. The smallest absolute Gasteiger partial charge is 0.405 e. The first kappa shape index (κ1) is 33.5. The van der Waals surface area contributed by atoms with Crippen molar-refractivity contribution in [3.63, 3.8) is 0 Å². The van der Waals surface area contributed by atoms with Crippen LogP contribution in [0.4, 0.5) is 13.2 Å². The van der Waals surface area contributed by atoms with Gasteiger partial charge < -0.3 is 25.2 Å². The number of aryl methyl sites for hydroxylation is 1. The van der Waals surface area contributed by atoms with Crippen LogP contribution in [-0.4, -0.2) is 77.9 Å². The van der Waals surface area contributed by atoms with E-state index in [1.165, 1.54) is 11.9 Å². The molecule has 9 nitrogen and oxygen atoms in total. The number of likely N-dealkylation sites (N-methyl/N-ethyl adjacent to an activating group) is 1. The van der Waals surface area contributed by atoms with Crippen molar-refractivity contribution in [1.82, 2.24) is 20.4 Å². The fraction of sp³-hybridized carbons (Fsp3) is 0.371. The van der Waals surface area contributed by atoms with Crippen LogP contribution in [0.15, 0.2) is 78.9 Å². The Balaban J connectivity index is 1.55. The Labute approximate surface area is 271 Å². The topological polar surface area (TPSA) is 108 Å². The van der Waals surface area contributed by atoms with Crippen molar-refractivity contribution >= 4 is 23.6 Å². The number of likely N-dealkylation sites (tertiary alicyclic amines) is 1. The van der Waals surface area contributed by atoms with Crippen LogP contribution < -0.4 is 15.4 Å². The number of hydrogen-bond donors (Lipinski definition) is 2. The van der Waals surface area contributed by atoms with E-state index in [0.717, 1.165) is 16.0 Å². The summed E-state index contributed by atoms with van der Waals surface area (Å²) in [6, 6.07) is 19.8. The lowest BCUT2D eigenvalue weighted by Gasteiger charge is -2.33. The van der Waals surface area contributed by atoms with Gasteiger partial charge in [-0.2, -0.15) is 13.2 Å². The molecule has 5 rings (SSSR count). The monoisotopic (exact) mass is 650 g/mol. The van der Waals surface area contributed by atoms with E-state index in [1.807, 2.05) is 41.7 Å². The molecular formula is C35H37F3N4O5. The number of alkyl halides is 3. The Kier molecular flexibility index (Phi) is 10.5. The molecular weight excluding hydrogens is 613 g/mol. The van der Waals surface area contributed by atoms with Crippen LogP contribution in [0.3, 0.4) is 0 Å². The van der Waals surface area contributed by atoms with Gasteiger partial charge in [-0.25, -0.2) is 0 Å². The SMILES string of the molecule is CN1C(=O)[C@H](CCc2ccccc2)NC(=O)C(N2CCCC2=O)Cc2cccc(c2)Oc2cccc(c2)CC1C(=O)NCC(F)(F)F. The van der Waals surface area contributed by atoms with Crippen molar-refractivity contribution in [2.75, 3.05) is 20.1 Å². The summed E-state index contributed by atoms with van der Waals surface area (Å²) in [6.07, 6.45) is -3.18. The lowest BCUT2D eigenvalue weighted by molar-refractivity contribution is -0.147. The Morgan fingerprint density at radius 1 is 0.936 bits per heavy atom. The average molecular weight is 651 g/mol. The van der Waals surface area contributed by atoms with E-state index >= 15 is 0 Å². The summed E-state index contributed by atoms with van der Waals surface area (Å²) >= 11 is 0. The van der Waals surface area contributed by atoms with Gasteiger partial charge in [0.1, 0.15) is 36.2 Å². The van der Waals surface area contributed by atoms with Crippen LogP contribution in [-0.2, 0) is 38.4 Å². The van der Waals surface area contributed by atoms with Crippen LogP contribution in [0.5, 0.6) is 11.5 Å². The number of hydrogen-bond acceptors (Lipinski definition) is 5. The van der Waals surface area contributed by atoms with Gasteiger partial charge in [0.25, 0.3) is 0 Å². The Hall–Kier alpha value is -4.87. The highest BCUT2D eigenvalue weighted by molar-refractivity contribution is 5.94. The molecule has 3 aromatic carbocycles. The highest BCUT2D eigenvalue weighted by Gasteiger charge is 2.38. The van der Waals surface area contributed by atoms with Crippen LogP contribution in [0.2, 0.25) is 0 Å². The molecule has 2 aliphatic heterocycles. The molecule has 4 amide bonds. The van der Waals surface area contributed by atoms with E-state index in [0.29, 0.717) is 42.9 Å². The van der Waals surface area contributed by atoms with Gasteiger partial charge in [-0.05, 0) is 60.2 Å². The second-order valence-electron chi connectivity index (χ2n) is 11.9. The molecule has 2 N–H and O–H groups in total. The fourth-order valence-electron chi connectivity index (χ4n) is 5.99. The number of nitrogens with zero attached hydrogens (tertiary/aromatic N) is 2. The second kappa shape index (κ2) is 14.7. The van der Waals surface area contributed by atoms with Crippen molar-refractivity contribution < 1.29 is 37.1 Å². The quantitative estimate of drug-likeness (QED) is 0.416. The molecule has 0 saturated carbocycles. The molecule has 4 bridgehead atoms. The summed E-state index contributed by atoms with van der Waals surface area (Å²) in [5, 5.41) is 4.78. The average Bonchev–Trinajstić information content (AvgIpc) is 3.47. The largest absolute Gasteiger partial charge is 0.457 e. The first-order valence-corrected chi connectivity index (χ1v) is 15.6. The zero-order chi connectivity index (χ0) is 33.6. The lowest BCUT2D eigenvalue weighted by Crippen LogP contribution is -2.58. The molecule has 3 atom stereocenters. The maximum atomic E-state index is 14.2.